The lowest BCUT2D eigenvalue weighted by atomic mass is 10.0. The molecule has 2 aromatic rings. The van der Waals surface area contributed by atoms with Crippen LogP contribution in [0.15, 0.2) is 41.0 Å². The molecule has 2 rings (SSSR count). The van der Waals surface area contributed by atoms with Crippen LogP contribution in [0.5, 0.6) is 0 Å². The molecule has 0 bridgehead atoms. The van der Waals surface area contributed by atoms with Crippen molar-refractivity contribution in [2.75, 3.05) is 0 Å². The van der Waals surface area contributed by atoms with Crippen molar-refractivity contribution in [1.29, 1.82) is 0 Å². The van der Waals surface area contributed by atoms with Crippen molar-refractivity contribution in [1.82, 2.24) is 10.3 Å². The van der Waals surface area contributed by atoms with Gasteiger partial charge in [0, 0.05) is 0 Å². The van der Waals surface area contributed by atoms with Crippen molar-refractivity contribution in [3.05, 3.63) is 53.7 Å². The number of nitrogens with zero attached hydrogens (tertiary/aromatic N) is 1. The zero-order valence-electron chi connectivity index (χ0n) is 16.7. The van der Waals surface area contributed by atoms with Gasteiger partial charge in [-0.15, -0.1) is 0 Å². The predicted octanol–water partition coefficient (Wildman–Crippen LogP) is 3.36. The van der Waals surface area contributed by atoms with E-state index in [1.54, 1.807) is 0 Å². The largest absolute Gasteiger partial charge is 0.459 e. The maximum Gasteiger partial charge on any atom is 0.329 e. The molecule has 3 N–H and O–H groups in total. The van der Waals surface area contributed by atoms with Crippen molar-refractivity contribution < 1.29 is 18.7 Å². The normalized spacial score (nSPS) is 13.2. The number of carbonyl (C=O) groups excluding carboxylic acids is 2. The lowest BCUT2D eigenvalue weighted by Crippen LogP contribution is -2.45. The number of hydrogen-bond acceptors (Lipinski definition) is 6. The van der Waals surface area contributed by atoms with E-state index in [2.05, 4.69) is 17.2 Å². The van der Waals surface area contributed by atoms with Gasteiger partial charge in [-0.3, -0.25) is 4.79 Å². The van der Waals surface area contributed by atoms with E-state index in [1.807, 2.05) is 44.2 Å². The summed E-state index contributed by atoms with van der Waals surface area (Å²) in [7, 11) is 0. The van der Waals surface area contributed by atoms with Gasteiger partial charge in [-0.05, 0) is 17.9 Å². The lowest BCUT2D eigenvalue weighted by molar-refractivity contribution is -0.148. The Morgan fingerprint density at radius 3 is 2.61 bits per heavy atom. The third kappa shape index (κ3) is 6.20. The Labute approximate surface area is 165 Å². The first-order valence-corrected chi connectivity index (χ1v) is 9.64. The number of hydrogen-bond donors (Lipinski definition) is 2. The fourth-order valence-electron chi connectivity index (χ4n) is 2.64. The number of nitrogens with one attached hydrogen (secondary N) is 1. The highest BCUT2D eigenvalue weighted by Crippen LogP contribution is 2.16. The molecule has 7 nitrogen and oxygen atoms in total. The summed E-state index contributed by atoms with van der Waals surface area (Å²) in [6.45, 7) is 5.90. The smallest absolute Gasteiger partial charge is 0.329 e. The van der Waals surface area contributed by atoms with Gasteiger partial charge in [-0.25, -0.2) is 9.78 Å². The van der Waals surface area contributed by atoms with Crippen LogP contribution in [0.1, 0.15) is 68.0 Å². The van der Waals surface area contributed by atoms with Crippen LogP contribution in [0.4, 0.5) is 0 Å². The number of oxazole rings is 1. The Morgan fingerprint density at radius 2 is 1.96 bits per heavy atom. The molecule has 152 valence electrons. The van der Waals surface area contributed by atoms with Gasteiger partial charge in [-0.1, -0.05) is 63.9 Å². The molecule has 0 saturated carbocycles. The topological polar surface area (TPSA) is 107 Å². The Hall–Kier alpha value is -2.67. The summed E-state index contributed by atoms with van der Waals surface area (Å²) < 4.78 is 10.7. The van der Waals surface area contributed by atoms with Gasteiger partial charge in [0.15, 0.2) is 5.69 Å². The minimum Gasteiger partial charge on any atom is -0.459 e. The number of benzene rings is 1. The third-order valence-corrected chi connectivity index (χ3v) is 4.37. The average Bonchev–Trinajstić information content (AvgIpc) is 3.19. The van der Waals surface area contributed by atoms with E-state index in [-0.39, 0.29) is 24.3 Å². The first-order chi connectivity index (χ1) is 13.4. The highest BCUT2D eigenvalue weighted by atomic mass is 16.5. The number of nitrogens with two attached hydrogens (primary N) is 1. The minimum atomic E-state index is -0.787. The van der Waals surface area contributed by atoms with E-state index in [1.165, 1.54) is 6.26 Å². The van der Waals surface area contributed by atoms with Crippen molar-refractivity contribution in [2.24, 2.45) is 11.7 Å². The first kappa shape index (κ1) is 21.6. The van der Waals surface area contributed by atoms with E-state index >= 15 is 0 Å². The molecule has 2 unspecified atom stereocenters. The van der Waals surface area contributed by atoms with E-state index in [0.717, 1.165) is 24.8 Å². The SMILES string of the molecule is CCCCC(N)c1nc(C(=O)NC(C(=O)OCc2ccccc2)C(C)C)co1. The molecule has 7 heteroatoms. The van der Waals surface area contributed by atoms with Crippen LogP contribution in [-0.4, -0.2) is 22.9 Å². The van der Waals surface area contributed by atoms with Crippen LogP contribution in [0.2, 0.25) is 0 Å². The van der Waals surface area contributed by atoms with Crippen molar-refractivity contribution in [2.45, 2.75) is 58.7 Å². The van der Waals surface area contributed by atoms with Gasteiger partial charge in [0.2, 0.25) is 5.89 Å². The molecule has 0 aliphatic carbocycles. The van der Waals surface area contributed by atoms with Gasteiger partial charge in [0.1, 0.15) is 18.9 Å². The monoisotopic (exact) mass is 387 g/mol. The summed E-state index contributed by atoms with van der Waals surface area (Å²) in [5.74, 6) is -0.805. The van der Waals surface area contributed by atoms with Crippen LogP contribution in [0, 0.1) is 5.92 Å². The second-order valence-corrected chi connectivity index (χ2v) is 7.11. The summed E-state index contributed by atoms with van der Waals surface area (Å²) in [5, 5.41) is 2.69. The summed E-state index contributed by atoms with van der Waals surface area (Å²) >= 11 is 0. The molecule has 1 aromatic carbocycles. The maximum absolute atomic E-state index is 12.5. The van der Waals surface area contributed by atoms with Gasteiger partial charge >= 0.3 is 5.97 Å². The van der Waals surface area contributed by atoms with Crippen molar-refractivity contribution >= 4 is 11.9 Å². The maximum atomic E-state index is 12.5. The number of unbranched alkanes of at least 4 members (excludes halogenated alkanes) is 1. The number of rotatable bonds is 10. The fraction of sp³-hybridized carbons (Fsp3) is 0.476. The van der Waals surface area contributed by atoms with Gasteiger partial charge < -0.3 is 20.2 Å². The van der Waals surface area contributed by atoms with Crippen LogP contribution in [0.25, 0.3) is 0 Å². The van der Waals surface area contributed by atoms with Gasteiger partial charge in [-0.2, -0.15) is 0 Å². The summed E-state index contributed by atoms with van der Waals surface area (Å²) in [5.41, 5.74) is 7.01. The molecule has 0 saturated heterocycles. The van der Waals surface area contributed by atoms with E-state index < -0.39 is 17.9 Å². The number of ether oxygens (including phenoxy) is 1. The third-order valence-electron chi connectivity index (χ3n) is 4.37. The first-order valence-electron chi connectivity index (χ1n) is 9.64. The van der Waals surface area contributed by atoms with Crippen LogP contribution in [-0.2, 0) is 16.1 Å². The molecule has 0 aliphatic rings. The Balaban J connectivity index is 1.96. The van der Waals surface area contributed by atoms with Crippen LogP contribution >= 0.6 is 0 Å². The fourth-order valence-corrected chi connectivity index (χ4v) is 2.64. The minimum absolute atomic E-state index is 0.100. The second kappa shape index (κ2) is 10.6. The Bertz CT molecular complexity index is 758. The Morgan fingerprint density at radius 1 is 1.25 bits per heavy atom. The quantitative estimate of drug-likeness (QED) is 0.605. The summed E-state index contributed by atoms with van der Waals surface area (Å²) in [6.07, 6.45) is 3.97. The molecule has 0 spiro atoms. The molecule has 28 heavy (non-hydrogen) atoms. The molecule has 0 radical (unpaired) electrons. The Kier molecular flexibility index (Phi) is 8.19. The summed E-state index contributed by atoms with van der Waals surface area (Å²) in [4.78, 5) is 29.1. The molecule has 1 aromatic heterocycles. The molecule has 2 atom stereocenters. The van der Waals surface area contributed by atoms with E-state index in [4.69, 9.17) is 14.9 Å². The van der Waals surface area contributed by atoms with Crippen molar-refractivity contribution in [3.8, 4) is 0 Å². The standard InChI is InChI=1S/C21H29N3O4/c1-4-5-11-16(22)20-23-17(13-27-20)19(25)24-18(14(2)3)21(26)28-12-15-9-7-6-8-10-15/h6-10,13-14,16,18H,4-5,11-12,22H2,1-3H3,(H,24,25). The highest BCUT2D eigenvalue weighted by Gasteiger charge is 2.27. The molecule has 1 amide bonds. The molecular weight excluding hydrogens is 358 g/mol. The zero-order chi connectivity index (χ0) is 20.5. The van der Waals surface area contributed by atoms with Gasteiger partial charge in [0.25, 0.3) is 5.91 Å². The summed E-state index contributed by atoms with van der Waals surface area (Å²) in [6, 6.07) is 8.24. The second-order valence-electron chi connectivity index (χ2n) is 7.11. The van der Waals surface area contributed by atoms with Crippen LogP contribution < -0.4 is 11.1 Å². The molecule has 0 fully saturated rings. The van der Waals surface area contributed by atoms with Crippen molar-refractivity contribution in [3.63, 3.8) is 0 Å². The van der Waals surface area contributed by atoms with Crippen LogP contribution in [0.3, 0.4) is 0 Å². The lowest BCUT2D eigenvalue weighted by Gasteiger charge is -2.20. The zero-order valence-corrected chi connectivity index (χ0v) is 16.7. The van der Waals surface area contributed by atoms with E-state index in [0.29, 0.717) is 5.89 Å². The van der Waals surface area contributed by atoms with Gasteiger partial charge in [0.05, 0.1) is 6.04 Å². The predicted molar refractivity (Wildman–Crippen MR) is 105 cm³/mol. The number of aromatic nitrogens is 1. The number of amides is 1. The molecule has 0 aliphatic heterocycles. The molecular formula is C21H29N3O4. The van der Waals surface area contributed by atoms with E-state index in [9.17, 15) is 9.59 Å². The molecule has 1 heterocycles. The average molecular weight is 387 g/mol. The highest BCUT2D eigenvalue weighted by molar-refractivity contribution is 5.95. The number of esters is 1. The number of carbonyl (C=O) groups is 2.